The molecule has 0 spiro atoms. The molecule has 0 bridgehead atoms. The van der Waals surface area contributed by atoms with E-state index in [2.05, 4.69) is 20.3 Å². The van der Waals surface area contributed by atoms with Crippen molar-refractivity contribution in [3.05, 3.63) is 47.7 Å². The summed E-state index contributed by atoms with van der Waals surface area (Å²) in [5, 5.41) is 15.6. The van der Waals surface area contributed by atoms with Crippen molar-refractivity contribution in [1.82, 2.24) is 24.9 Å². The Morgan fingerprint density at radius 2 is 2.04 bits per heavy atom. The normalized spacial score (nSPS) is 11.1. The third-order valence-corrected chi connectivity index (χ3v) is 6.13. The molecule has 28 heavy (non-hydrogen) atoms. The first-order valence-electron chi connectivity index (χ1n) is 8.77. The number of nitrogens with zero attached hydrogens (tertiary/aromatic N) is 5. The molecule has 9 heteroatoms. The molecule has 0 aliphatic carbocycles. The van der Waals surface area contributed by atoms with Gasteiger partial charge in [0.15, 0.2) is 11.0 Å². The average Bonchev–Trinajstić information content (AvgIpc) is 3.47. The van der Waals surface area contributed by atoms with Crippen LogP contribution in [0.4, 0.5) is 0 Å². The summed E-state index contributed by atoms with van der Waals surface area (Å²) in [6.07, 6.45) is 1.66. The second-order valence-electron chi connectivity index (χ2n) is 6.03. The first-order valence-corrected chi connectivity index (χ1v) is 10.6. The number of rotatable bonds is 8. The Morgan fingerprint density at radius 3 is 2.79 bits per heavy atom. The summed E-state index contributed by atoms with van der Waals surface area (Å²) in [6, 6.07) is 11.8. The maximum atomic E-state index is 5.34. The van der Waals surface area contributed by atoms with Crippen LogP contribution in [0.5, 0.6) is 5.75 Å². The van der Waals surface area contributed by atoms with Gasteiger partial charge in [-0.3, -0.25) is 0 Å². The number of hydrogen-bond acceptors (Lipinski definition) is 8. The molecule has 0 saturated heterocycles. The van der Waals surface area contributed by atoms with E-state index in [9.17, 15) is 0 Å². The maximum absolute atomic E-state index is 5.34. The van der Waals surface area contributed by atoms with Gasteiger partial charge < -0.3 is 13.8 Å². The van der Waals surface area contributed by atoms with E-state index in [4.69, 9.17) is 9.26 Å². The summed E-state index contributed by atoms with van der Waals surface area (Å²) in [5.41, 5.74) is 1.01. The summed E-state index contributed by atoms with van der Waals surface area (Å²) in [6.45, 7) is 0. The van der Waals surface area contributed by atoms with Crippen LogP contribution in [0.1, 0.15) is 12.3 Å². The zero-order valence-corrected chi connectivity index (χ0v) is 17.2. The zero-order chi connectivity index (χ0) is 19.3. The molecule has 0 saturated carbocycles. The third-order valence-electron chi connectivity index (χ3n) is 4.16. The second kappa shape index (κ2) is 8.57. The maximum Gasteiger partial charge on any atom is 0.227 e. The molecule has 144 valence electrons. The molecule has 7 nitrogen and oxygen atoms in total. The van der Waals surface area contributed by atoms with Crippen LogP contribution < -0.4 is 4.74 Å². The Morgan fingerprint density at radius 1 is 1.18 bits per heavy atom. The van der Waals surface area contributed by atoms with Crippen molar-refractivity contribution in [3.63, 3.8) is 0 Å². The minimum atomic E-state index is 0.662. The van der Waals surface area contributed by atoms with E-state index in [1.165, 1.54) is 0 Å². The Hall–Kier alpha value is -2.65. The van der Waals surface area contributed by atoms with Crippen LogP contribution >= 0.6 is 23.1 Å². The number of hydrogen-bond donors (Lipinski definition) is 0. The molecule has 0 amide bonds. The van der Waals surface area contributed by atoms with Crippen molar-refractivity contribution in [1.29, 1.82) is 0 Å². The van der Waals surface area contributed by atoms with Gasteiger partial charge in [-0.1, -0.05) is 23.0 Å². The van der Waals surface area contributed by atoms with Crippen molar-refractivity contribution in [2.45, 2.75) is 18.0 Å². The predicted octanol–water partition coefficient (Wildman–Crippen LogP) is 4.33. The standard InChI is InChI=1S/C19H19N5O2S2/c1-24-18(13-7-9-14(25-2)10-8-13)21-22-19(24)28-12-4-6-16-20-17(23-26-16)15-5-3-11-27-15/h3,5,7-11H,4,6,12H2,1-2H3. The van der Waals surface area contributed by atoms with Crippen LogP contribution in [0.3, 0.4) is 0 Å². The molecule has 0 aliphatic heterocycles. The lowest BCUT2D eigenvalue weighted by Gasteiger charge is -2.04. The van der Waals surface area contributed by atoms with Crippen molar-refractivity contribution >= 4 is 23.1 Å². The van der Waals surface area contributed by atoms with Crippen molar-refractivity contribution in [2.75, 3.05) is 12.9 Å². The predicted molar refractivity (Wildman–Crippen MR) is 110 cm³/mol. The lowest BCUT2D eigenvalue weighted by molar-refractivity contribution is 0.378. The summed E-state index contributed by atoms with van der Waals surface area (Å²) < 4.78 is 12.5. The van der Waals surface area contributed by atoms with Gasteiger partial charge in [0.05, 0.1) is 12.0 Å². The first-order chi connectivity index (χ1) is 13.7. The lowest BCUT2D eigenvalue weighted by atomic mass is 10.2. The van der Waals surface area contributed by atoms with Crippen molar-refractivity contribution in [2.24, 2.45) is 7.05 Å². The quantitative estimate of drug-likeness (QED) is 0.314. The van der Waals surface area contributed by atoms with Gasteiger partial charge in [-0.15, -0.1) is 21.5 Å². The highest BCUT2D eigenvalue weighted by Crippen LogP contribution is 2.25. The fourth-order valence-electron chi connectivity index (χ4n) is 2.68. The molecule has 3 heterocycles. The number of aromatic nitrogens is 5. The molecular weight excluding hydrogens is 394 g/mol. The molecule has 0 unspecified atom stereocenters. The molecule has 1 aromatic carbocycles. The Bertz CT molecular complexity index is 1030. The fourth-order valence-corrected chi connectivity index (χ4v) is 4.18. The Labute approximate surface area is 170 Å². The van der Waals surface area contributed by atoms with Crippen molar-refractivity contribution < 1.29 is 9.26 Å². The number of methoxy groups -OCH3 is 1. The molecule has 0 fully saturated rings. The van der Waals surface area contributed by atoms with Gasteiger partial charge in [0, 0.05) is 24.8 Å². The SMILES string of the molecule is COc1ccc(-c2nnc(SCCCc3nc(-c4cccs4)no3)n2C)cc1. The molecule has 0 atom stereocenters. The van der Waals surface area contributed by atoms with E-state index in [0.717, 1.165) is 45.8 Å². The van der Waals surface area contributed by atoms with Crippen LogP contribution in [0, 0.1) is 0 Å². The third kappa shape index (κ3) is 4.10. The number of benzene rings is 1. The Balaban J connectivity index is 1.31. The number of thiophene rings is 1. The summed E-state index contributed by atoms with van der Waals surface area (Å²) in [7, 11) is 3.64. The highest BCUT2D eigenvalue weighted by Gasteiger charge is 2.12. The van der Waals surface area contributed by atoms with Crippen LogP contribution in [-0.2, 0) is 13.5 Å². The fraction of sp³-hybridized carbons (Fsp3) is 0.263. The summed E-state index contributed by atoms with van der Waals surface area (Å²) in [5.74, 6) is 3.88. The first kappa shape index (κ1) is 18.7. The van der Waals surface area contributed by atoms with E-state index >= 15 is 0 Å². The average molecular weight is 414 g/mol. The van der Waals surface area contributed by atoms with Crippen LogP contribution in [-0.4, -0.2) is 37.8 Å². The lowest BCUT2D eigenvalue weighted by Crippen LogP contribution is -1.96. The minimum Gasteiger partial charge on any atom is -0.497 e. The number of thioether (sulfide) groups is 1. The van der Waals surface area contributed by atoms with Gasteiger partial charge in [0.2, 0.25) is 11.7 Å². The molecule has 4 rings (SSSR count). The van der Waals surface area contributed by atoms with Gasteiger partial charge in [-0.2, -0.15) is 4.98 Å². The summed E-state index contributed by atoms with van der Waals surface area (Å²) in [4.78, 5) is 5.48. The molecule has 0 aliphatic rings. The second-order valence-corrected chi connectivity index (χ2v) is 8.04. The van der Waals surface area contributed by atoms with E-state index in [0.29, 0.717) is 11.7 Å². The van der Waals surface area contributed by atoms with E-state index < -0.39 is 0 Å². The molecule has 0 N–H and O–H groups in total. The van der Waals surface area contributed by atoms with Gasteiger partial charge in [0.1, 0.15) is 5.75 Å². The molecule has 4 aromatic rings. The topological polar surface area (TPSA) is 78.9 Å². The monoisotopic (exact) mass is 413 g/mol. The largest absolute Gasteiger partial charge is 0.497 e. The smallest absolute Gasteiger partial charge is 0.227 e. The number of aryl methyl sites for hydroxylation is 1. The van der Waals surface area contributed by atoms with E-state index in [1.807, 2.05) is 53.4 Å². The molecule has 0 radical (unpaired) electrons. The van der Waals surface area contributed by atoms with Crippen molar-refractivity contribution in [3.8, 4) is 27.8 Å². The minimum absolute atomic E-state index is 0.662. The summed E-state index contributed by atoms with van der Waals surface area (Å²) >= 11 is 3.28. The number of ether oxygens (including phenoxy) is 1. The van der Waals surface area contributed by atoms with Crippen LogP contribution in [0.25, 0.3) is 22.1 Å². The highest BCUT2D eigenvalue weighted by atomic mass is 32.2. The van der Waals surface area contributed by atoms with Gasteiger partial charge in [-0.25, -0.2) is 0 Å². The van der Waals surface area contributed by atoms with E-state index in [-0.39, 0.29) is 0 Å². The highest BCUT2D eigenvalue weighted by molar-refractivity contribution is 7.99. The zero-order valence-electron chi connectivity index (χ0n) is 15.5. The van der Waals surface area contributed by atoms with Crippen LogP contribution in [0.15, 0.2) is 51.5 Å². The van der Waals surface area contributed by atoms with Gasteiger partial charge in [0.25, 0.3) is 0 Å². The van der Waals surface area contributed by atoms with E-state index in [1.54, 1.807) is 30.2 Å². The Kier molecular flexibility index (Phi) is 5.73. The van der Waals surface area contributed by atoms with Gasteiger partial charge >= 0.3 is 0 Å². The molecule has 3 aromatic heterocycles. The van der Waals surface area contributed by atoms with Gasteiger partial charge in [-0.05, 0) is 42.1 Å². The van der Waals surface area contributed by atoms with Crippen LogP contribution in [0.2, 0.25) is 0 Å². The molecular formula is C19H19N5O2S2.